The molecule has 0 aromatic carbocycles. The third-order valence-electron chi connectivity index (χ3n) is 1.39. The molecule has 2 heterocycles. The summed E-state index contributed by atoms with van der Waals surface area (Å²) in [5.74, 6) is 0. The van der Waals surface area contributed by atoms with Crippen molar-refractivity contribution >= 4 is 11.0 Å². The molecule has 0 bridgehead atoms. The molecule has 0 saturated heterocycles. The number of nitrogens with one attached hydrogen (secondary N) is 1. The molecule has 0 amide bonds. The fourth-order valence-corrected chi connectivity index (χ4v) is 0.897. The van der Waals surface area contributed by atoms with Crippen molar-refractivity contribution < 1.29 is 0 Å². The van der Waals surface area contributed by atoms with Gasteiger partial charge in [-0.05, 0) is 6.07 Å². The fourth-order valence-electron chi connectivity index (χ4n) is 0.897. The van der Waals surface area contributed by atoms with Crippen LogP contribution in [0.3, 0.4) is 0 Å². The normalized spacial score (nSPS) is 10.2. The van der Waals surface area contributed by atoms with Crippen molar-refractivity contribution in [1.29, 1.82) is 0 Å². The second-order valence-electron chi connectivity index (χ2n) is 2.14. The summed E-state index contributed by atoms with van der Waals surface area (Å²) >= 11 is 0. The zero-order chi connectivity index (χ0) is 7.68. The average Bonchev–Trinajstić information content (AvgIpc) is 2.04. The summed E-state index contributed by atoms with van der Waals surface area (Å²) in [5.41, 5.74) is 1.28. The highest BCUT2D eigenvalue weighted by atomic mass is 16.1. The van der Waals surface area contributed by atoms with Crippen LogP contribution in [0.4, 0.5) is 0 Å². The van der Waals surface area contributed by atoms with Crippen LogP contribution in [0.2, 0.25) is 0 Å². The molecular formula is C7H5N3O. The van der Waals surface area contributed by atoms with E-state index in [0.29, 0.717) is 5.52 Å². The Hall–Kier alpha value is -1.71. The van der Waals surface area contributed by atoms with E-state index in [-0.39, 0.29) is 5.56 Å². The lowest BCUT2D eigenvalue weighted by atomic mass is 10.4. The zero-order valence-corrected chi connectivity index (χ0v) is 5.61. The molecule has 0 radical (unpaired) electrons. The Balaban J connectivity index is 2.94. The van der Waals surface area contributed by atoms with Crippen molar-refractivity contribution in [3.63, 3.8) is 0 Å². The molecule has 0 fully saturated rings. The van der Waals surface area contributed by atoms with E-state index in [1.54, 1.807) is 12.3 Å². The number of rotatable bonds is 0. The lowest BCUT2D eigenvalue weighted by Gasteiger charge is -1.91. The van der Waals surface area contributed by atoms with Crippen molar-refractivity contribution in [1.82, 2.24) is 15.0 Å². The molecule has 2 aromatic heterocycles. The van der Waals surface area contributed by atoms with Crippen molar-refractivity contribution in [2.75, 3.05) is 0 Å². The smallest absolute Gasteiger partial charge is 0.248 e. The van der Waals surface area contributed by atoms with Crippen molar-refractivity contribution in [2.45, 2.75) is 0 Å². The minimum Gasteiger partial charge on any atom is -0.319 e. The first-order valence-electron chi connectivity index (χ1n) is 3.15. The minimum absolute atomic E-state index is 0.132. The maximum Gasteiger partial charge on any atom is 0.248 e. The molecule has 11 heavy (non-hydrogen) atoms. The van der Waals surface area contributed by atoms with E-state index in [1.165, 1.54) is 12.4 Å². The van der Waals surface area contributed by atoms with Crippen LogP contribution >= 0.6 is 0 Å². The van der Waals surface area contributed by atoms with E-state index < -0.39 is 0 Å². The van der Waals surface area contributed by atoms with Gasteiger partial charge in [0.2, 0.25) is 5.56 Å². The quantitative estimate of drug-likeness (QED) is 0.583. The topological polar surface area (TPSA) is 58.6 Å². The monoisotopic (exact) mass is 147 g/mol. The molecule has 54 valence electrons. The number of H-pyrrole nitrogens is 1. The molecule has 0 aliphatic rings. The van der Waals surface area contributed by atoms with Crippen LogP contribution in [-0.2, 0) is 0 Å². The van der Waals surface area contributed by atoms with Crippen molar-refractivity contribution in [2.24, 2.45) is 0 Å². The summed E-state index contributed by atoms with van der Waals surface area (Å²) in [7, 11) is 0. The molecule has 0 aliphatic carbocycles. The average molecular weight is 147 g/mol. The largest absolute Gasteiger partial charge is 0.319 e. The number of hydrogen-bond acceptors (Lipinski definition) is 3. The zero-order valence-electron chi connectivity index (χ0n) is 5.61. The first-order chi connectivity index (χ1) is 5.36. The standard InChI is InChI=1S/C7H5N3O/c11-7-2-1-5-6(10-7)3-8-4-9-5/h1-4H,(H,10,11). The lowest BCUT2D eigenvalue weighted by Crippen LogP contribution is -2.02. The molecule has 0 atom stereocenters. The van der Waals surface area contributed by atoms with Crippen LogP contribution in [-0.4, -0.2) is 15.0 Å². The highest BCUT2D eigenvalue weighted by Gasteiger charge is 1.91. The van der Waals surface area contributed by atoms with Gasteiger partial charge in [-0.15, -0.1) is 0 Å². The van der Waals surface area contributed by atoms with Gasteiger partial charge in [-0.25, -0.2) is 9.97 Å². The Morgan fingerprint density at radius 3 is 3.18 bits per heavy atom. The highest BCUT2D eigenvalue weighted by Crippen LogP contribution is 2.00. The van der Waals surface area contributed by atoms with E-state index in [0.717, 1.165) is 5.52 Å². The van der Waals surface area contributed by atoms with Crippen LogP contribution in [0.5, 0.6) is 0 Å². The van der Waals surface area contributed by atoms with E-state index in [9.17, 15) is 4.79 Å². The van der Waals surface area contributed by atoms with Gasteiger partial charge in [-0.3, -0.25) is 4.79 Å². The van der Waals surface area contributed by atoms with E-state index in [2.05, 4.69) is 15.0 Å². The van der Waals surface area contributed by atoms with Crippen LogP contribution in [0.25, 0.3) is 11.0 Å². The maximum atomic E-state index is 10.8. The van der Waals surface area contributed by atoms with Crippen LogP contribution in [0, 0.1) is 0 Å². The first-order valence-corrected chi connectivity index (χ1v) is 3.15. The number of hydrogen-bond donors (Lipinski definition) is 1. The molecule has 2 rings (SSSR count). The summed E-state index contributed by atoms with van der Waals surface area (Å²) in [4.78, 5) is 21.1. The Morgan fingerprint density at radius 2 is 2.27 bits per heavy atom. The molecule has 0 saturated carbocycles. The Bertz CT molecular complexity index is 435. The predicted octanol–water partition coefficient (Wildman–Crippen LogP) is 0.318. The van der Waals surface area contributed by atoms with Gasteiger partial charge in [0.05, 0.1) is 17.2 Å². The maximum absolute atomic E-state index is 10.8. The molecular weight excluding hydrogens is 142 g/mol. The van der Waals surface area contributed by atoms with Crippen LogP contribution < -0.4 is 5.56 Å². The number of fused-ring (bicyclic) bond motifs is 1. The third kappa shape index (κ3) is 0.980. The fraction of sp³-hybridized carbons (Fsp3) is 0. The summed E-state index contributed by atoms with van der Waals surface area (Å²) in [6.45, 7) is 0. The Labute approximate surface area is 61.9 Å². The molecule has 0 aliphatic heterocycles. The Morgan fingerprint density at radius 1 is 1.36 bits per heavy atom. The van der Waals surface area contributed by atoms with Crippen molar-refractivity contribution in [3.8, 4) is 0 Å². The van der Waals surface area contributed by atoms with E-state index in [1.807, 2.05) is 0 Å². The molecule has 4 heteroatoms. The van der Waals surface area contributed by atoms with Gasteiger partial charge < -0.3 is 4.98 Å². The van der Waals surface area contributed by atoms with Gasteiger partial charge in [0.15, 0.2) is 0 Å². The number of nitrogens with zero attached hydrogens (tertiary/aromatic N) is 2. The molecule has 2 aromatic rings. The van der Waals surface area contributed by atoms with Gasteiger partial charge >= 0.3 is 0 Å². The van der Waals surface area contributed by atoms with Crippen LogP contribution in [0.1, 0.15) is 0 Å². The van der Waals surface area contributed by atoms with Crippen molar-refractivity contribution in [3.05, 3.63) is 35.0 Å². The minimum atomic E-state index is -0.132. The number of aromatic amines is 1. The van der Waals surface area contributed by atoms with Gasteiger partial charge in [0, 0.05) is 6.07 Å². The number of aromatic nitrogens is 3. The van der Waals surface area contributed by atoms with Gasteiger partial charge in [0.1, 0.15) is 6.33 Å². The second kappa shape index (κ2) is 2.16. The highest BCUT2D eigenvalue weighted by molar-refractivity contribution is 5.71. The van der Waals surface area contributed by atoms with E-state index in [4.69, 9.17) is 0 Å². The molecule has 0 unspecified atom stereocenters. The number of pyridine rings is 1. The third-order valence-corrected chi connectivity index (χ3v) is 1.39. The van der Waals surface area contributed by atoms with Gasteiger partial charge in [-0.2, -0.15) is 0 Å². The van der Waals surface area contributed by atoms with Crippen LogP contribution in [0.15, 0.2) is 29.5 Å². The Kier molecular flexibility index (Phi) is 1.18. The van der Waals surface area contributed by atoms with Gasteiger partial charge in [0.25, 0.3) is 0 Å². The summed E-state index contributed by atoms with van der Waals surface area (Å²) in [6, 6.07) is 3.10. The van der Waals surface area contributed by atoms with Gasteiger partial charge in [-0.1, -0.05) is 0 Å². The SMILES string of the molecule is O=c1ccc2ncncc2[nH]1. The molecule has 1 N–H and O–H groups in total. The first kappa shape index (κ1) is 6.03. The summed E-state index contributed by atoms with van der Waals surface area (Å²) in [5, 5.41) is 0. The van der Waals surface area contributed by atoms with E-state index >= 15 is 0 Å². The molecule has 0 spiro atoms. The lowest BCUT2D eigenvalue weighted by molar-refractivity contribution is 1.18. The summed E-state index contributed by atoms with van der Waals surface area (Å²) in [6.07, 6.45) is 3.02. The second-order valence-corrected chi connectivity index (χ2v) is 2.14. The predicted molar refractivity (Wildman–Crippen MR) is 40.2 cm³/mol. The summed E-state index contributed by atoms with van der Waals surface area (Å²) < 4.78 is 0. The molecule has 4 nitrogen and oxygen atoms in total.